The molecule has 1 saturated carbocycles. The van der Waals surface area contributed by atoms with Gasteiger partial charge in [-0.05, 0) is 86.6 Å². The lowest BCUT2D eigenvalue weighted by molar-refractivity contribution is 0.443. The predicted octanol–water partition coefficient (Wildman–Crippen LogP) is 10.4. The molecule has 0 spiro atoms. The number of benzene rings is 5. The van der Waals surface area contributed by atoms with Crippen molar-refractivity contribution in [3.8, 4) is 11.1 Å². The van der Waals surface area contributed by atoms with Crippen LogP contribution in [0, 0.1) is 0 Å². The van der Waals surface area contributed by atoms with Gasteiger partial charge in [0.15, 0.2) is 0 Å². The first kappa shape index (κ1) is 22.6. The van der Waals surface area contributed by atoms with Crippen LogP contribution in [0.2, 0.25) is 0 Å². The first-order chi connectivity index (χ1) is 18.3. The molecular weight excluding hydrogens is 466 g/mol. The van der Waals surface area contributed by atoms with E-state index in [1.54, 1.807) is 0 Å². The largest absolute Gasteiger partial charge is 0.264 e. The average Bonchev–Trinajstić information content (AvgIpc) is 2.98. The van der Waals surface area contributed by atoms with Gasteiger partial charge in [-0.1, -0.05) is 104 Å². The Hall–Kier alpha value is -3.62. The lowest BCUT2D eigenvalue weighted by atomic mass is 9.84. The maximum Gasteiger partial charge on any atom is 0.0353 e. The van der Waals surface area contributed by atoms with Crippen LogP contribution in [0.4, 0.5) is 0 Å². The monoisotopic (exact) mass is 495 g/mol. The number of pyridine rings is 1. The summed E-state index contributed by atoms with van der Waals surface area (Å²) >= 11 is 1.88. The van der Waals surface area contributed by atoms with Crippen LogP contribution in [0.5, 0.6) is 0 Å². The van der Waals surface area contributed by atoms with Crippen molar-refractivity contribution < 1.29 is 0 Å². The van der Waals surface area contributed by atoms with Gasteiger partial charge in [-0.3, -0.25) is 4.98 Å². The van der Waals surface area contributed by atoms with E-state index in [1.807, 2.05) is 24.2 Å². The zero-order valence-corrected chi connectivity index (χ0v) is 21.7. The lowest BCUT2D eigenvalue weighted by Gasteiger charge is -2.22. The summed E-state index contributed by atoms with van der Waals surface area (Å²) < 4.78 is 0. The van der Waals surface area contributed by atoms with Crippen molar-refractivity contribution in [2.45, 2.75) is 47.8 Å². The normalized spacial score (nSPS) is 14.5. The van der Waals surface area contributed by atoms with E-state index in [9.17, 15) is 0 Å². The van der Waals surface area contributed by atoms with Crippen LogP contribution >= 0.6 is 11.8 Å². The maximum absolute atomic E-state index is 4.57. The van der Waals surface area contributed by atoms with E-state index in [0.717, 1.165) is 5.92 Å². The molecule has 0 N–H and O–H groups in total. The van der Waals surface area contributed by atoms with Crippen LogP contribution < -0.4 is 0 Å². The minimum absolute atomic E-state index is 0.738. The van der Waals surface area contributed by atoms with E-state index in [1.165, 1.54) is 90.9 Å². The molecule has 0 saturated heterocycles. The van der Waals surface area contributed by atoms with E-state index >= 15 is 0 Å². The topological polar surface area (TPSA) is 12.9 Å². The summed E-state index contributed by atoms with van der Waals surface area (Å²) in [6, 6.07) is 35.8. The van der Waals surface area contributed by atoms with Crippen molar-refractivity contribution in [3.63, 3.8) is 0 Å². The molecule has 1 aromatic heterocycles. The molecule has 0 bridgehead atoms. The number of fused-ring (bicyclic) bond motifs is 3. The molecule has 1 heterocycles. The van der Waals surface area contributed by atoms with Gasteiger partial charge < -0.3 is 0 Å². The Morgan fingerprint density at radius 2 is 1.35 bits per heavy atom. The Kier molecular flexibility index (Phi) is 5.91. The summed E-state index contributed by atoms with van der Waals surface area (Å²) in [6.45, 7) is 0. The average molecular weight is 496 g/mol. The summed E-state index contributed by atoms with van der Waals surface area (Å²) in [5, 5.41) is 7.57. The first-order valence-corrected chi connectivity index (χ1v) is 14.2. The van der Waals surface area contributed by atoms with E-state index in [2.05, 4.69) is 102 Å². The molecule has 0 amide bonds. The highest BCUT2D eigenvalue weighted by Gasteiger charge is 2.18. The second-order valence-corrected chi connectivity index (χ2v) is 11.3. The van der Waals surface area contributed by atoms with E-state index < -0.39 is 0 Å². The molecule has 0 atom stereocenters. The molecule has 1 nitrogen and oxygen atoms in total. The highest BCUT2D eigenvalue weighted by Crippen LogP contribution is 2.45. The third-order valence-corrected chi connectivity index (χ3v) is 9.14. The number of nitrogens with zero attached hydrogens (tertiary/aromatic N) is 1. The van der Waals surface area contributed by atoms with Crippen LogP contribution in [0.15, 0.2) is 119 Å². The van der Waals surface area contributed by atoms with Gasteiger partial charge >= 0.3 is 0 Å². The lowest BCUT2D eigenvalue weighted by Crippen LogP contribution is -2.04. The molecule has 37 heavy (non-hydrogen) atoms. The summed E-state index contributed by atoms with van der Waals surface area (Å²) in [5.41, 5.74) is 4.01. The van der Waals surface area contributed by atoms with Gasteiger partial charge in [0.2, 0.25) is 0 Å². The fraction of sp³-hybridized carbons (Fsp3) is 0.171. The molecule has 0 radical (unpaired) electrons. The van der Waals surface area contributed by atoms with Gasteiger partial charge in [0.25, 0.3) is 0 Å². The van der Waals surface area contributed by atoms with Crippen molar-refractivity contribution >= 4 is 44.1 Å². The second-order valence-electron chi connectivity index (χ2n) is 10.2. The highest BCUT2D eigenvalue weighted by atomic mass is 32.2. The Labute approximate surface area is 222 Å². The number of rotatable bonds is 4. The Bertz CT molecular complexity index is 1670. The standard InChI is InChI=1S/C35H29NS/c1-2-8-24(9-3-1)26-16-18-29(19-17-26)37-35-31-13-7-6-12-30(31)34(33-23-36-21-20-32(33)35)28-15-14-25-10-4-5-11-27(25)22-28/h4-7,10-24H,1-3,8-9H2. The molecular formula is C35H29NS. The van der Waals surface area contributed by atoms with E-state index in [-0.39, 0.29) is 0 Å². The predicted molar refractivity (Wildman–Crippen MR) is 159 cm³/mol. The van der Waals surface area contributed by atoms with Gasteiger partial charge in [-0.15, -0.1) is 0 Å². The number of aromatic nitrogens is 1. The quantitative estimate of drug-likeness (QED) is 0.226. The fourth-order valence-corrected chi connectivity index (χ4v) is 7.19. The fourth-order valence-electron chi connectivity index (χ4n) is 6.11. The van der Waals surface area contributed by atoms with Crippen molar-refractivity contribution in [1.29, 1.82) is 0 Å². The van der Waals surface area contributed by atoms with Crippen molar-refractivity contribution in [2.24, 2.45) is 0 Å². The summed E-state index contributed by atoms with van der Waals surface area (Å²) in [5.74, 6) is 0.738. The highest BCUT2D eigenvalue weighted by molar-refractivity contribution is 7.99. The minimum atomic E-state index is 0.738. The minimum Gasteiger partial charge on any atom is -0.264 e. The van der Waals surface area contributed by atoms with Crippen molar-refractivity contribution in [2.75, 3.05) is 0 Å². The molecule has 0 unspecified atom stereocenters. The second kappa shape index (κ2) is 9.68. The summed E-state index contributed by atoms with van der Waals surface area (Å²) in [4.78, 5) is 7.17. The third-order valence-electron chi connectivity index (χ3n) is 7.99. The zero-order chi connectivity index (χ0) is 24.6. The van der Waals surface area contributed by atoms with Gasteiger partial charge in [0.1, 0.15) is 0 Å². The van der Waals surface area contributed by atoms with Crippen LogP contribution in [0.1, 0.15) is 43.6 Å². The summed E-state index contributed by atoms with van der Waals surface area (Å²) in [7, 11) is 0. The van der Waals surface area contributed by atoms with E-state index in [4.69, 9.17) is 0 Å². The van der Waals surface area contributed by atoms with Gasteiger partial charge in [0, 0.05) is 27.6 Å². The summed E-state index contributed by atoms with van der Waals surface area (Å²) in [6.07, 6.45) is 10.8. The molecule has 1 aliphatic rings. The molecule has 6 aromatic rings. The molecule has 7 rings (SSSR count). The van der Waals surface area contributed by atoms with Crippen LogP contribution in [-0.2, 0) is 0 Å². The molecule has 0 aliphatic heterocycles. The Morgan fingerprint density at radius 1 is 0.622 bits per heavy atom. The van der Waals surface area contributed by atoms with Crippen LogP contribution in [-0.4, -0.2) is 4.98 Å². The third kappa shape index (κ3) is 4.20. The van der Waals surface area contributed by atoms with Crippen LogP contribution in [0.3, 0.4) is 0 Å². The molecule has 1 aliphatic carbocycles. The zero-order valence-electron chi connectivity index (χ0n) is 20.9. The van der Waals surface area contributed by atoms with Crippen LogP contribution in [0.25, 0.3) is 43.4 Å². The number of hydrogen-bond donors (Lipinski definition) is 0. The van der Waals surface area contributed by atoms with Crippen molar-refractivity contribution in [3.05, 3.63) is 115 Å². The van der Waals surface area contributed by atoms with Gasteiger partial charge in [0.05, 0.1) is 0 Å². The van der Waals surface area contributed by atoms with Crippen molar-refractivity contribution in [1.82, 2.24) is 4.98 Å². The van der Waals surface area contributed by atoms with Gasteiger partial charge in [-0.2, -0.15) is 0 Å². The molecule has 2 heteroatoms. The maximum atomic E-state index is 4.57. The molecule has 1 fully saturated rings. The Morgan fingerprint density at radius 3 is 2.19 bits per heavy atom. The van der Waals surface area contributed by atoms with E-state index in [0.29, 0.717) is 0 Å². The SMILES string of the molecule is c1ccc2cc(-c3c4ccccc4c(Sc4ccc(C5CCCCC5)cc4)c4ccncc34)ccc2c1. The first-order valence-electron chi connectivity index (χ1n) is 13.4. The number of hydrogen-bond acceptors (Lipinski definition) is 2. The van der Waals surface area contributed by atoms with Gasteiger partial charge in [-0.25, -0.2) is 0 Å². The smallest absolute Gasteiger partial charge is 0.0353 e. The molecule has 5 aromatic carbocycles. The Balaban J connectivity index is 1.37. The molecule has 180 valence electrons.